The number of hydrogen-bond acceptors (Lipinski definition) is 5. The number of hydrogen-bond donors (Lipinski definition) is 0. The molecule has 1 amide bonds. The van der Waals surface area contributed by atoms with E-state index >= 15 is 0 Å². The number of aromatic nitrogens is 3. The third kappa shape index (κ3) is 2.79. The van der Waals surface area contributed by atoms with Crippen LogP contribution in [0, 0.1) is 12.3 Å². The van der Waals surface area contributed by atoms with Crippen molar-refractivity contribution >= 4 is 22.9 Å². The van der Waals surface area contributed by atoms with Crippen molar-refractivity contribution in [2.75, 3.05) is 24.5 Å². The van der Waals surface area contributed by atoms with E-state index in [0.717, 1.165) is 49.0 Å². The third-order valence-corrected chi connectivity index (χ3v) is 5.72. The molecule has 6 nitrogen and oxygen atoms in total. The number of carbonyl (C=O) groups excluding carboxylic acids is 1. The predicted molar refractivity (Wildman–Crippen MR) is 89.4 cm³/mol. The summed E-state index contributed by atoms with van der Waals surface area (Å²) in [6, 6.07) is 0. The second-order valence-corrected chi connectivity index (χ2v) is 7.91. The van der Waals surface area contributed by atoms with Gasteiger partial charge in [-0.2, -0.15) is 5.10 Å². The fourth-order valence-corrected chi connectivity index (χ4v) is 4.43. The van der Waals surface area contributed by atoms with Crippen LogP contribution in [0.15, 0.2) is 17.8 Å². The number of nitrogens with zero attached hydrogens (tertiary/aromatic N) is 5. The summed E-state index contributed by atoms with van der Waals surface area (Å²) in [5.74, 6) is 0.226. The molecule has 4 heterocycles. The van der Waals surface area contributed by atoms with Crippen LogP contribution in [0.4, 0.5) is 5.69 Å². The lowest BCUT2D eigenvalue weighted by Crippen LogP contribution is -2.31. The summed E-state index contributed by atoms with van der Waals surface area (Å²) >= 11 is 1.70. The van der Waals surface area contributed by atoms with Crippen molar-refractivity contribution in [2.45, 2.75) is 26.3 Å². The molecule has 4 rings (SSSR count). The molecule has 2 aromatic rings. The minimum atomic E-state index is 0.0952. The highest BCUT2D eigenvalue weighted by molar-refractivity contribution is 7.09. The zero-order chi connectivity index (χ0) is 16.0. The fourth-order valence-electron chi connectivity index (χ4n) is 3.82. The van der Waals surface area contributed by atoms with Gasteiger partial charge in [0.05, 0.1) is 22.6 Å². The molecule has 0 bridgehead atoms. The van der Waals surface area contributed by atoms with E-state index in [2.05, 4.69) is 20.4 Å². The van der Waals surface area contributed by atoms with Gasteiger partial charge >= 0.3 is 0 Å². The Morgan fingerprint density at radius 2 is 2.26 bits per heavy atom. The van der Waals surface area contributed by atoms with Crippen LogP contribution in [-0.2, 0) is 18.4 Å². The molecule has 2 aliphatic rings. The number of aryl methyl sites for hydroxylation is 2. The molecule has 0 saturated carbocycles. The zero-order valence-corrected chi connectivity index (χ0v) is 14.3. The maximum Gasteiger partial charge on any atom is 0.227 e. The Labute approximate surface area is 139 Å². The Kier molecular flexibility index (Phi) is 3.50. The van der Waals surface area contributed by atoms with E-state index in [-0.39, 0.29) is 11.3 Å². The lowest BCUT2D eigenvalue weighted by Gasteiger charge is -2.23. The van der Waals surface area contributed by atoms with Gasteiger partial charge in [0.1, 0.15) is 0 Å². The first-order valence-corrected chi connectivity index (χ1v) is 8.83. The summed E-state index contributed by atoms with van der Waals surface area (Å²) in [6.45, 7) is 5.77. The van der Waals surface area contributed by atoms with Crippen molar-refractivity contribution in [3.8, 4) is 0 Å². The summed E-state index contributed by atoms with van der Waals surface area (Å²) in [7, 11) is 1.88. The summed E-state index contributed by atoms with van der Waals surface area (Å²) in [4.78, 5) is 21.4. The van der Waals surface area contributed by atoms with Gasteiger partial charge in [0.15, 0.2) is 0 Å². The van der Waals surface area contributed by atoms with Crippen LogP contribution >= 0.6 is 11.3 Å². The van der Waals surface area contributed by atoms with Gasteiger partial charge in [0.2, 0.25) is 5.91 Å². The van der Waals surface area contributed by atoms with Crippen LogP contribution in [0.25, 0.3) is 0 Å². The maximum atomic E-state index is 12.5. The number of anilines is 1. The Bertz CT molecular complexity index is 738. The molecule has 1 spiro atoms. The molecule has 2 saturated heterocycles. The molecule has 1 atom stereocenters. The average Bonchev–Trinajstić information content (AvgIpc) is 3.23. The van der Waals surface area contributed by atoms with Gasteiger partial charge in [0.25, 0.3) is 0 Å². The lowest BCUT2D eigenvalue weighted by atomic mass is 9.86. The topological polar surface area (TPSA) is 54.3 Å². The second-order valence-electron chi connectivity index (χ2n) is 6.85. The average molecular weight is 331 g/mol. The Hall–Kier alpha value is -1.73. The molecule has 7 heteroatoms. The van der Waals surface area contributed by atoms with E-state index < -0.39 is 0 Å². The molecule has 2 fully saturated rings. The molecule has 2 aromatic heterocycles. The number of carbonyl (C=O) groups is 1. The quantitative estimate of drug-likeness (QED) is 0.861. The number of thiazole rings is 1. The smallest absolute Gasteiger partial charge is 0.227 e. The number of amides is 1. The highest BCUT2D eigenvalue weighted by Gasteiger charge is 2.47. The normalized spacial score (nSPS) is 25.1. The van der Waals surface area contributed by atoms with Crippen molar-refractivity contribution in [1.29, 1.82) is 0 Å². The first-order valence-electron chi connectivity index (χ1n) is 7.95. The van der Waals surface area contributed by atoms with Crippen LogP contribution in [0.5, 0.6) is 0 Å². The van der Waals surface area contributed by atoms with Gasteiger partial charge in [-0.1, -0.05) is 0 Å². The Balaban J connectivity index is 1.45. The predicted octanol–water partition coefficient (Wildman–Crippen LogP) is 1.81. The number of likely N-dealkylation sites (tertiary alicyclic amines) is 1. The van der Waals surface area contributed by atoms with Crippen LogP contribution < -0.4 is 4.90 Å². The second kappa shape index (κ2) is 5.42. The molecule has 0 aromatic carbocycles. The summed E-state index contributed by atoms with van der Waals surface area (Å²) in [5.41, 5.74) is 2.17. The van der Waals surface area contributed by atoms with Crippen LogP contribution in [0.3, 0.4) is 0 Å². The van der Waals surface area contributed by atoms with E-state index in [1.807, 2.05) is 25.1 Å². The molecule has 122 valence electrons. The first kappa shape index (κ1) is 14.8. The molecule has 0 radical (unpaired) electrons. The molecule has 0 N–H and O–H groups in total. The molecule has 1 unspecified atom stereocenters. The fraction of sp³-hybridized carbons (Fsp3) is 0.562. The third-order valence-electron chi connectivity index (χ3n) is 4.89. The Morgan fingerprint density at radius 3 is 2.96 bits per heavy atom. The number of rotatable bonds is 3. The molecular weight excluding hydrogens is 310 g/mol. The SMILES string of the molecule is Cc1nc(CN2CCC3(CC(=O)N(c4cnn(C)c4)C3)C2)cs1. The van der Waals surface area contributed by atoms with E-state index in [0.29, 0.717) is 6.42 Å². The standard InChI is InChI=1S/C16H21N5OS/c1-12-18-13(9-23-12)7-20-4-3-16(10-20)5-15(22)21(11-16)14-6-17-19(2)8-14/h6,8-9H,3-5,7,10-11H2,1-2H3. The van der Waals surface area contributed by atoms with E-state index in [1.165, 1.54) is 0 Å². The summed E-state index contributed by atoms with van der Waals surface area (Å²) in [6.07, 6.45) is 5.43. The minimum absolute atomic E-state index is 0.0952. The molecule has 2 aliphatic heterocycles. The molecule has 0 aliphatic carbocycles. The van der Waals surface area contributed by atoms with Gasteiger partial charge in [-0.25, -0.2) is 4.98 Å². The minimum Gasteiger partial charge on any atom is -0.309 e. The highest BCUT2D eigenvalue weighted by atomic mass is 32.1. The van der Waals surface area contributed by atoms with Crippen LogP contribution in [-0.4, -0.2) is 45.2 Å². The van der Waals surface area contributed by atoms with E-state index in [4.69, 9.17) is 0 Å². The van der Waals surface area contributed by atoms with Gasteiger partial charge in [0, 0.05) is 50.1 Å². The highest BCUT2D eigenvalue weighted by Crippen LogP contribution is 2.42. The van der Waals surface area contributed by atoms with Gasteiger partial charge in [-0.15, -0.1) is 11.3 Å². The van der Waals surface area contributed by atoms with Crippen LogP contribution in [0.2, 0.25) is 0 Å². The first-order chi connectivity index (χ1) is 11.0. The van der Waals surface area contributed by atoms with Crippen molar-refractivity contribution in [2.24, 2.45) is 12.5 Å². The lowest BCUT2D eigenvalue weighted by molar-refractivity contribution is -0.117. The van der Waals surface area contributed by atoms with Crippen molar-refractivity contribution in [1.82, 2.24) is 19.7 Å². The van der Waals surface area contributed by atoms with Crippen molar-refractivity contribution in [3.05, 3.63) is 28.5 Å². The van der Waals surface area contributed by atoms with Gasteiger partial charge in [-0.05, 0) is 19.9 Å². The largest absolute Gasteiger partial charge is 0.309 e. The molecular formula is C16H21N5OS. The van der Waals surface area contributed by atoms with Gasteiger partial charge < -0.3 is 4.90 Å². The zero-order valence-electron chi connectivity index (χ0n) is 13.5. The van der Waals surface area contributed by atoms with Gasteiger partial charge in [-0.3, -0.25) is 14.4 Å². The molecule has 23 heavy (non-hydrogen) atoms. The van der Waals surface area contributed by atoms with Crippen molar-refractivity contribution in [3.63, 3.8) is 0 Å². The monoisotopic (exact) mass is 331 g/mol. The van der Waals surface area contributed by atoms with E-state index in [1.54, 1.807) is 22.2 Å². The van der Waals surface area contributed by atoms with Crippen LogP contribution in [0.1, 0.15) is 23.5 Å². The summed E-state index contributed by atoms with van der Waals surface area (Å²) in [5, 5.41) is 7.45. The maximum absolute atomic E-state index is 12.5. The van der Waals surface area contributed by atoms with E-state index in [9.17, 15) is 4.79 Å². The van der Waals surface area contributed by atoms with Crippen molar-refractivity contribution < 1.29 is 4.79 Å². The Morgan fingerprint density at radius 1 is 1.39 bits per heavy atom. The summed E-state index contributed by atoms with van der Waals surface area (Å²) < 4.78 is 1.75.